The second-order valence-corrected chi connectivity index (χ2v) is 25.2. The number of carbonyl (C=O) groups excluding carboxylic acids is 4. The molecule has 0 bridgehead atoms. The van der Waals surface area contributed by atoms with Gasteiger partial charge in [-0.3, -0.25) is 37.3 Å². The van der Waals surface area contributed by atoms with E-state index in [9.17, 15) is 43.2 Å². The van der Waals surface area contributed by atoms with Gasteiger partial charge in [-0.15, -0.1) is 0 Å². The van der Waals surface area contributed by atoms with Gasteiger partial charge in [-0.2, -0.15) is 0 Å². The van der Waals surface area contributed by atoms with E-state index in [1.165, 1.54) is 70.6 Å². The highest BCUT2D eigenvalue weighted by molar-refractivity contribution is 7.47. The Kier molecular flexibility index (Phi) is 50.6. The Morgan fingerprint density at radius 2 is 0.590 bits per heavy atom. The van der Waals surface area contributed by atoms with Crippen LogP contribution < -0.4 is 0 Å². The Bertz CT molecular complexity index is 1550. The highest BCUT2D eigenvalue weighted by Crippen LogP contribution is 2.45. The predicted molar refractivity (Wildman–Crippen MR) is 308 cm³/mol. The van der Waals surface area contributed by atoms with E-state index in [2.05, 4.69) is 41.5 Å². The standard InChI is InChI=1S/C59H114O17P2/c1-7-9-11-13-21-29-35-41-56(61)69-47-54(75-58(63)43-37-31-22-14-12-10-8-2)49-73-77(65,66)71-45-53(60)46-72-78(67,68)74-50-55(48-70-57(62)42-36-30-26-25-28-34-40-52(5)6)76-59(64)44-38-32-24-20-18-16-15-17-19-23-27-33-39-51(3)4/h51-55,60H,7-50H2,1-6H3,(H,65,66)(H,67,68)/t53-,54+,55+/m0/s1. The highest BCUT2D eigenvalue weighted by atomic mass is 31.2. The monoisotopic (exact) mass is 1160 g/mol. The highest BCUT2D eigenvalue weighted by Gasteiger charge is 2.30. The number of carbonyl (C=O) groups is 4. The SMILES string of the molecule is CCCCCCCCCC(=O)OC[C@H](COP(=O)(O)OC[C@H](O)COP(=O)(O)OC[C@@H](COC(=O)CCCCCCCCC(C)C)OC(=O)CCCCCCCCCCCCCCC(C)C)OC(=O)CCCCCCCCC. The second-order valence-electron chi connectivity index (χ2n) is 22.3. The van der Waals surface area contributed by atoms with Crippen molar-refractivity contribution >= 4 is 39.5 Å². The molecule has 19 heteroatoms. The number of ether oxygens (including phenoxy) is 4. The molecule has 0 fully saturated rings. The molecule has 0 saturated heterocycles. The average Bonchev–Trinajstić information content (AvgIpc) is 3.39. The molecule has 0 rings (SSSR count). The number of esters is 4. The second kappa shape index (κ2) is 51.9. The molecular weight excluding hydrogens is 1040 g/mol. The zero-order valence-corrected chi connectivity index (χ0v) is 51.7. The molecule has 0 saturated carbocycles. The maximum Gasteiger partial charge on any atom is 0.472 e. The maximum atomic E-state index is 12.9. The summed E-state index contributed by atoms with van der Waals surface area (Å²) in [5.41, 5.74) is 0. The Balaban J connectivity index is 5.17. The largest absolute Gasteiger partial charge is 0.472 e. The molecule has 3 N–H and O–H groups in total. The third-order valence-electron chi connectivity index (χ3n) is 13.5. The van der Waals surface area contributed by atoms with E-state index >= 15 is 0 Å². The lowest BCUT2D eigenvalue weighted by Crippen LogP contribution is -2.30. The van der Waals surface area contributed by atoms with Crippen molar-refractivity contribution in [3.63, 3.8) is 0 Å². The molecule has 0 aromatic heterocycles. The number of phosphoric acid groups is 2. The molecule has 0 radical (unpaired) electrons. The quantitative estimate of drug-likeness (QED) is 0.0222. The van der Waals surface area contributed by atoms with Crippen molar-refractivity contribution in [3.8, 4) is 0 Å². The molecule has 0 aromatic carbocycles. The van der Waals surface area contributed by atoms with E-state index in [-0.39, 0.29) is 25.7 Å². The van der Waals surface area contributed by atoms with Gasteiger partial charge in [0.25, 0.3) is 0 Å². The summed E-state index contributed by atoms with van der Waals surface area (Å²) in [6, 6.07) is 0. The van der Waals surface area contributed by atoms with Crippen LogP contribution >= 0.6 is 15.6 Å². The van der Waals surface area contributed by atoms with Gasteiger partial charge < -0.3 is 33.8 Å². The van der Waals surface area contributed by atoms with Crippen LogP contribution in [0.3, 0.4) is 0 Å². The van der Waals surface area contributed by atoms with Crippen molar-refractivity contribution < 1.29 is 80.2 Å². The Labute approximate surface area is 473 Å². The van der Waals surface area contributed by atoms with Gasteiger partial charge in [0.2, 0.25) is 0 Å². The van der Waals surface area contributed by atoms with Gasteiger partial charge in [0.1, 0.15) is 19.3 Å². The van der Waals surface area contributed by atoms with Crippen molar-refractivity contribution in [3.05, 3.63) is 0 Å². The van der Waals surface area contributed by atoms with E-state index in [1.807, 2.05) is 0 Å². The molecule has 78 heavy (non-hydrogen) atoms. The molecule has 17 nitrogen and oxygen atoms in total. The van der Waals surface area contributed by atoms with Crippen LogP contribution in [-0.2, 0) is 65.4 Å². The minimum absolute atomic E-state index is 0.103. The predicted octanol–water partition coefficient (Wildman–Crippen LogP) is 15.7. The van der Waals surface area contributed by atoms with E-state index in [1.54, 1.807) is 0 Å². The maximum absolute atomic E-state index is 12.9. The van der Waals surface area contributed by atoms with Gasteiger partial charge in [0.05, 0.1) is 26.4 Å². The molecule has 0 amide bonds. The third-order valence-corrected chi connectivity index (χ3v) is 15.4. The van der Waals surface area contributed by atoms with Crippen LogP contribution in [0.1, 0.15) is 286 Å². The first-order valence-corrected chi connectivity index (χ1v) is 34.0. The van der Waals surface area contributed by atoms with Crippen LogP contribution in [-0.4, -0.2) is 96.7 Å². The number of aliphatic hydroxyl groups excluding tert-OH is 1. The average molecular weight is 1160 g/mol. The number of unbranched alkanes of at least 4 members (excludes halogenated alkanes) is 28. The number of hydrogen-bond donors (Lipinski definition) is 3. The summed E-state index contributed by atoms with van der Waals surface area (Å²) in [5, 5.41) is 10.5. The van der Waals surface area contributed by atoms with Crippen LogP contribution in [0.2, 0.25) is 0 Å². The zero-order valence-electron chi connectivity index (χ0n) is 50.0. The molecule has 0 heterocycles. The summed E-state index contributed by atoms with van der Waals surface area (Å²) in [6.07, 6.45) is 32.5. The minimum atomic E-state index is -4.94. The Morgan fingerprint density at radius 3 is 0.872 bits per heavy atom. The van der Waals surface area contributed by atoms with Gasteiger partial charge in [0.15, 0.2) is 12.2 Å². The zero-order chi connectivity index (χ0) is 58.0. The first kappa shape index (κ1) is 76.1. The lowest BCUT2D eigenvalue weighted by Gasteiger charge is -2.21. The summed E-state index contributed by atoms with van der Waals surface area (Å²) < 4.78 is 67.6. The fourth-order valence-electron chi connectivity index (χ4n) is 8.65. The van der Waals surface area contributed by atoms with Crippen LogP contribution in [0.15, 0.2) is 0 Å². The fraction of sp³-hybridized carbons (Fsp3) is 0.932. The van der Waals surface area contributed by atoms with Crippen molar-refractivity contribution in [2.45, 2.75) is 304 Å². The van der Waals surface area contributed by atoms with Gasteiger partial charge in [-0.1, -0.05) is 234 Å². The summed E-state index contributed by atoms with van der Waals surface area (Å²) in [5.74, 6) is -0.695. The summed E-state index contributed by atoms with van der Waals surface area (Å²) in [6.45, 7) is 9.30. The summed E-state index contributed by atoms with van der Waals surface area (Å²) >= 11 is 0. The minimum Gasteiger partial charge on any atom is -0.462 e. The fourth-order valence-corrected chi connectivity index (χ4v) is 10.2. The third kappa shape index (κ3) is 53.4. The van der Waals surface area contributed by atoms with Gasteiger partial charge >= 0.3 is 39.5 Å². The molecule has 462 valence electrons. The van der Waals surface area contributed by atoms with Crippen molar-refractivity contribution in [1.82, 2.24) is 0 Å². The number of rotatable bonds is 58. The van der Waals surface area contributed by atoms with Crippen LogP contribution in [0, 0.1) is 11.8 Å². The molecule has 0 aromatic rings. The molecule has 0 aliphatic rings. The van der Waals surface area contributed by atoms with Gasteiger partial charge in [-0.05, 0) is 37.5 Å². The van der Waals surface area contributed by atoms with E-state index in [0.29, 0.717) is 31.6 Å². The topological polar surface area (TPSA) is 237 Å². The van der Waals surface area contributed by atoms with Crippen molar-refractivity contribution in [2.75, 3.05) is 39.6 Å². The van der Waals surface area contributed by atoms with Gasteiger partial charge in [0, 0.05) is 25.7 Å². The van der Waals surface area contributed by atoms with E-state index in [0.717, 1.165) is 128 Å². The molecular formula is C59H114O17P2. The Morgan fingerprint density at radius 1 is 0.346 bits per heavy atom. The van der Waals surface area contributed by atoms with Crippen LogP contribution in [0.25, 0.3) is 0 Å². The number of phosphoric ester groups is 2. The molecule has 2 unspecified atom stereocenters. The first-order valence-electron chi connectivity index (χ1n) is 31.0. The van der Waals surface area contributed by atoms with E-state index in [4.69, 9.17) is 37.0 Å². The summed E-state index contributed by atoms with van der Waals surface area (Å²) in [7, 11) is -9.87. The van der Waals surface area contributed by atoms with E-state index < -0.39 is 97.5 Å². The van der Waals surface area contributed by atoms with Crippen molar-refractivity contribution in [1.29, 1.82) is 0 Å². The Hall–Kier alpha value is -1.94. The lowest BCUT2D eigenvalue weighted by molar-refractivity contribution is -0.161. The number of aliphatic hydroxyl groups is 1. The normalized spacial score (nSPS) is 14.4. The number of hydrogen-bond acceptors (Lipinski definition) is 15. The molecule has 0 aliphatic heterocycles. The van der Waals surface area contributed by atoms with Gasteiger partial charge in [-0.25, -0.2) is 9.13 Å². The van der Waals surface area contributed by atoms with Crippen molar-refractivity contribution in [2.24, 2.45) is 11.8 Å². The molecule has 0 spiro atoms. The van der Waals surface area contributed by atoms with Crippen LogP contribution in [0.5, 0.6) is 0 Å². The first-order chi connectivity index (χ1) is 37.4. The molecule has 5 atom stereocenters. The smallest absolute Gasteiger partial charge is 0.462 e. The molecule has 0 aliphatic carbocycles. The summed E-state index contributed by atoms with van der Waals surface area (Å²) in [4.78, 5) is 71.7. The lowest BCUT2D eigenvalue weighted by atomic mass is 10.0. The van der Waals surface area contributed by atoms with Crippen LogP contribution in [0.4, 0.5) is 0 Å².